The first-order chi connectivity index (χ1) is 12.0. The zero-order valence-electron chi connectivity index (χ0n) is 13.3. The second-order valence-electron chi connectivity index (χ2n) is 4.82. The smallest absolute Gasteiger partial charge is 0.245 e. The van der Waals surface area contributed by atoms with Gasteiger partial charge in [-0.05, 0) is 35.4 Å². The van der Waals surface area contributed by atoms with E-state index in [1.54, 1.807) is 61.0 Å². The average Bonchev–Trinajstić information content (AvgIpc) is 2.58. The third kappa shape index (κ3) is 7.15. The Morgan fingerprint density at radius 3 is 1.60 bits per heavy atom. The normalized spacial score (nSPS) is 10.8. The second kappa shape index (κ2) is 9.56. The van der Waals surface area contributed by atoms with E-state index in [-0.39, 0.29) is 5.96 Å². The van der Waals surface area contributed by atoms with Crippen molar-refractivity contribution in [2.75, 3.05) is 0 Å². The van der Waals surface area contributed by atoms with Crippen LogP contribution in [0.15, 0.2) is 63.7 Å². The molecule has 0 atom stereocenters. The molecule has 8 heteroatoms. The lowest BCUT2D eigenvalue weighted by Crippen LogP contribution is -2.31. The third-order valence-corrected chi connectivity index (χ3v) is 3.28. The highest BCUT2D eigenvalue weighted by molar-refractivity contribution is 6.30. The molecule has 0 aliphatic carbocycles. The Morgan fingerprint density at radius 2 is 1.24 bits per heavy atom. The van der Waals surface area contributed by atoms with E-state index in [1.165, 1.54) is 6.92 Å². The summed E-state index contributed by atoms with van der Waals surface area (Å²) in [4.78, 5) is 14.9. The first-order valence-electron chi connectivity index (χ1n) is 7.21. The van der Waals surface area contributed by atoms with Gasteiger partial charge in [-0.2, -0.15) is 15.2 Å². The van der Waals surface area contributed by atoms with Crippen LogP contribution in [0.4, 0.5) is 0 Å². The van der Waals surface area contributed by atoms with Gasteiger partial charge < -0.3 is 0 Å². The molecule has 0 aliphatic rings. The number of hydrazone groups is 2. The molecule has 2 aromatic carbocycles. The molecule has 0 bridgehead atoms. The maximum atomic E-state index is 11.2. The predicted molar refractivity (Wildman–Crippen MR) is 102 cm³/mol. The number of rotatable bonds is 4. The van der Waals surface area contributed by atoms with Crippen LogP contribution in [-0.2, 0) is 4.79 Å². The molecule has 0 heterocycles. The van der Waals surface area contributed by atoms with Gasteiger partial charge in [-0.25, -0.2) is 10.9 Å². The standard InChI is InChI=1S/C17H15Cl2N5O/c1-12(25)22-17(23-20-10-13-2-6-15(18)7-3-13)24-21-11-14-4-8-16(19)9-5-14/h2-11H,1H3,(H2,22,23,24,25). The number of benzene rings is 2. The molecule has 0 unspecified atom stereocenters. The Bertz CT molecular complexity index is 739. The number of nitrogens with zero attached hydrogens (tertiary/aromatic N) is 3. The fourth-order valence-corrected chi connectivity index (χ4v) is 1.92. The number of guanidine groups is 1. The molecular formula is C17H15Cl2N5O. The molecule has 0 aromatic heterocycles. The molecule has 0 fully saturated rings. The van der Waals surface area contributed by atoms with Gasteiger partial charge in [0.1, 0.15) is 0 Å². The summed E-state index contributed by atoms with van der Waals surface area (Å²) in [5, 5.41) is 9.30. The zero-order chi connectivity index (χ0) is 18.1. The Labute approximate surface area is 155 Å². The maximum Gasteiger partial charge on any atom is 0.245 e. The Morgan fingerprint density at radius 1 is 0.840 bits per heavy atom. The molecule has 6 nitrogen and oxygen atoms in total. The minimum atomic E-state index is -0.390. The number of carbonyl (C=O) groups excluding carboxylic acids is 1. The van der Waals surface area contributed by atoms with Crippen LogP contribution in [0, 0.1) is 0 Å². The number of nitrogens with one attached hydrogen (secondary N) is 2. The summed E-state index contributed by atoms with van der Waals surface area (Å²) in [6.45, 7) is 1.33. The van der Waals surface area contributed by atoms with Crippen LogP contribution in [0.1, 0.15) is 18.1 Å². The van der Waals surface area contributed by atoms with E-state index in [0.717, 1.165) is 11.1 Å². The predicted octanol–water partition coefficient (Wildman–Crippen LogP) is 3.44. The van der Waals surface area contributed by atoms with Gasteiger partial charge in [0.15, 0.2) is 0 Å². The van der Waals surface area contributed by atoms with Gasteiger partial charge in [0.25, 0.3) is 0 Å². The van der Waals surface area contributed by atoms with E-state index >= 15 is 0 Å². The molecule has 0 saturated carbocycles. The van der Waals surface area contributed by atoms with Crippen molar-refractivity contribution in [1.82, 2.24) is 10.9 Å². The summed E-state index contributed by atoms with van der Waals surface area (Å²) in [6, 6.07) is 14.2. The van der Waals surface area contributed by atoms with Gasteiger partial charge in [0, 0.05) is 17.0 Å². The van der Waals surface area contributed by atoms with Gasteiger partial charge in [0.2, 0.25) is 11.9 Å². The van der Waals surface area contributed by atoms with Gasteiger partial charge in [-0.3, -0.25) is 4.79 Å². The van der Waals surface area contributed by atoms with Crippen LogP contribution in [-0.4, -0.2) is 24.3 Å². The van der Waals surface area contributed by atoms with Crippen molar-refractivity contribution in [1.29, 1.82) is 0 Å². The Kier molecular flexibility index (Phi) is 7.13. The van der Waals surface area contributed by atoms with Crippen molar-refractivity contribution in [2.24, 2.45) is 15.2 Å². The second-order valence-corrected chi connectivity index (χ2v) is 5.70. The molecular weight excluding hydrogens is 361 g/mol. The summed E-state index contributed by atoms with van der Waals surface area (Å²) in [6.07, 6.45) is 3.13. The quantitative estimate of drug-likeness (QED) is 0.488. The zero-order valence-corrected chi connectivity index (χ0v) is 14.8. The summed E-state index contributed by atoms with van der Waals surface area (Å²) >= 11 is 11.6. The molecule has 1 amide bonds. The van der Waals surface area contributed by atoms with E-state index in [1.807, 2.05) is 0 Å². The van der Waals surface area contributed by atoms with Crippen LogP contribution in [0.25, 0.3) is 0 Å². The average molecular weight is 376 g/mol. The molecule has 0 saturated heterocycles. The van der Waals surface area contributed by atoms with Gasteiger partial charge >= 0.3 is 0 Å². The lowest BCUT2D eigenvalue weighted by atomic mass is 10.2. The number of hydrogen-bond donors (Lipinski definition) is 2. The number of aliphatic imine (C=N–C) groups is 1. The fourth-order valence-electron chi connectivity index (χ4n) is 1.67. The Hall–Kier alpha value is -2.70. The van der Waals surface area contributed by atoms with Gasteiger partial charge in [0.05, 0.1) is 12.4 Å². The SMILES string of the molecule is CC(=O)N=C(NN=Cc1ccc(Cl)cc1)NN=Cc1ccc(Cl)cc1. The number of halogens is 2. The monoisotopic (exact) mass is 375 g/mol. The van der Waals surface area contributed by atoms with Crippen LogP contribution < -0.4 is 10.9 Å². The molecule has 2 rings (SSSR count). The summed E-state index contributed by atoms with van der Waals surface area (Å²) < 4.78 is 0. The summed E-state index contributed by atoms with van der Waals surface area (Å²) in [7, 11) is 0. The highest BCUT2D eigenvalue weighted by Crippen LogP contribution is 2.08. The molecule has 0 aliphatic heterocycles. The van der Waals surface area contributed by atoms with Gasteiger partial charge in [-0.15, -0.1) is 0 Å². The van der Waals surface area contributed by atoms with Crippen LogP contribution in [0.5, 0.6) is 0 Å². The van der Waals surface area contributed by atoms with Crippen LogP contribution in [0.3, 0.4) is 0 Å². The highest BCUT2D eigenvalue weighted by atomic mass is 35.5. The van der Waals surface area contributed by atoms with Crippen molar-refractivity contribution in [3.63, 3.8) is 0 Å². The summed E-state index contributed by atoms with van der Waals surface area (Å²) in [5.74, 6) is -0.290. The first-order valence-corrected chi connectivity index (χ1v) is 7.97. The minimum absolute atomic E-state index is 0.0999. The Balaban J connectivity index is 1.97. The van der Waals surface area contributed by atoms with Crippen LogP contribution in [0.2, 0.25) is 10.0 Å². The summed E-state index contributed by atoms with van der Waals surface area (Å²) in [5.41, 5.74) is 6.93. The first kappa shape index (κ1) is 18.6. The van der Waals surface area contributed by atoms with Crippen molar-refractivity contribution >= 4 is 47.5 Å². The van der Waals surface area contributed by atoms with Crippen molar-refractivity contribution in [3.8, 4) is 0 Å². The third-order valence-electron chi connectivity index (χ3n) is 2.78. The van der Waals surface area contributed by atoms with E-state index in [0.29, 0.717) is 10.0 Å². The van der Waals surface area contributed by atoms with Crippen molar-refractivity contribution in [3.05, 3.63) is 69.7 Å². The highest BCUT2D eigenvalue weighted by Gasteiger charge is 1.97. The van der Waals surface area contributed by atoms with E-state index in [2.05, 4.69) is 26.0 Å². The molecule has 0 spiro atoms. The van der Waals surface area contributed by atoms with Crippen LogP contribution >= 0.6 is 23.2 Å². The lowest BCUT2D eigenvalue weighted by Gasteiger charge is -2.03. The van der Waals surface area contributed by atoms with Gasteiger partial charge in [-0.1, -0.05) is 47.5 Å². The fraction of sp³-hybridized carbons (Fsp3) is 0.0588. The topological polar surface area (TPSA) is 78.2 Å². The largest absolute Gasteiger partial charge is 0.273 e. The maximum absolute atomic E-state index is 11.2. The number of amides is 1. The van der Waals surface area contributed by atoms with Crippen molar-refractivity contribution < 1.29 is 4.79 Å². The molecule has 128 valence electrons. The molecule has 2 N–H and O–H groups in total. The van der Waals surface area contributed by atoms with Crippen molar-refractivity contribution in [2.45, 2.75) is 6.92 Å². The molecule has 0 radical (unpaired) electrons. The lowest BCUT2D eigenvalue weighted by molar-refractivity contribution is -0.115. The van der Waals surface area contributed by atoms with E-state index in [9.17, 15) is 4.79 Å². The number of carbonyl (C=O) groups is 1. The van der Waals surface area contributed by atoms with E-state index < -0.39 is 5.91 Å². The van der Waals surface area contributed by atoms with E-state index in [4.69, 9.17) is 23.2 Å². The number of hydrogen-bond acceptors (Lipinski definition) is 3. The minimum Gasteiger partial charge on any atom is -0.273 e. The molecule has 2 aromatic rings. The molecule has 25 heavy (non-hydrogen) atoms.